The van der Waals surface area contributed by atoms with Gasteiger partial charge >= 0.3 is 7.12 Å². The standard InChI is InChI=1S/C21H20BN7O4/c1-11-8-15-14(17(23)30)6-3-7-29(15)16(11)19-26-20(18(24)31)28-21(27-19)25-10-12-4-2-5-13(9-12)22(32)33/h2-9,32-33H,10H2,1H3,(H2,23,30)(H2,24,31)(H,25,26,27,28). The molecule has 0 aliphatic rings. The monoisotopic (exact) mass is 445 g/mol. The minimum atomic E-state index is -1.59. The van der Waals surface area contributed by atoms with Crippen molar-refractivity contribution in [1.29, 1.82) is 0 Å². The van der Waals surface area contributed by atoms with Crippen LogP contribution in [0.4, 0.5) is 5.95 Å². The van der Waals surface area contributed by atoms with Crippen LogP contribution in [-0.2, 0) is 6.54 Å². The van der Waals surface area contributed by atoms with E-state index < -0.39 is 18.9 Å². The first-order valence-electron chi connectivity index (χ1n) is 9.90. The number of nitrogens with zero attached hydrogens (tertiary/aromatic N) is 4. The van der Waals surface area contributed by atoms with Gasteiger partial charge in [-0.3, -0.25) is 9.59 Å². The number of carbonyl (C=O) groups excluding carboxylic acids is 2. The predicted octanol–water partition coefficient (Wildman–Crippen LogP) is -0.411. The molecule has 0 aliphatic carbocycles. The molecule has 0 fully saturated rings. The van der Waals surface area contributed by atoms with Crippen molar-refractivity contribution in [2.24, 2.45) is 11.5 Å². The molecule has 0 atom stereocenters. The lowest BCUT2D eigenvalue weighted by atomic mass is 9.80. The number of primary amides is 2. The summed E-state index contributed by atoms with van der Waals surface area (Å²) in [5.74, 6) is -1.36. The number of anilines is 1. The molecule has 2 amide bonds. The third kappa shape index (κ3) is 4.38. The van der Waals surface area contributed by atoms with Gasteiger partial charge in [0.25, 0.3) is 11.8 Å². The molecule has 11 nitrogen and oxygen atoms in total. The molecule has 0 unspecified atom stereocenters. The van der Waals surface area contributed by atoms with E-state index in [0.29, 0.717) is 22.2 Å². The van der Waals surface area contributed by atoms with Crippen molar-refractivity contribution in [3.8, 4) is 11.5 Å². The summed E-state index contributed by atoms with van der Waals surface area (Å²) in [7, 11) is -1.59. The molecule has 12 heteroatoms. The van der Waals surface area contributed by atoms with E-state index in [1.165, 1.54) is 0 Å². The maximum atomic E-state index is 11.9. The quantitative estimate of drug-likeness (QED) is 0.238. The summed E-state index contributed by atoms with van der Waals surface area (Å²) in [6.07, 6.45) is 1.73. The van der Waals surface area contributed by atoms with Crippen LogP contribution >= 0.6 is 0 Å². The second kappa shape index (κ2) is 8.69. The highest BCUT2D eigenvalue weighted by Crippen LogP contribution is 2.27. The second-order valence-corrected chi connectivity index (χ2v) is 7.36. The molecule has 4 rings (SSSR count). The topological polar surface area (TPSA) is 182 Å². The van der Waals surface area contributed by atoms with Gasteiger partial charge in [-0.2, -0.15) is 9.97 Å². The number of hydrogen-bond donors (Lipinski definition) is 5. The van der Waals surface area contributed by atoms with Crippen LogP contribution in [0.1, 0.15) is 32.1 Å². The minimum Gasteiger partial charge on any atom is -0.423 e. The Kier molecular flexibility index (Phi) is 5.77. The van der Waals surface area contributed by atoms with Crippen LogP contribution in [0.2, 0.25) is 0 Å². The Balaban J connectivity index is 1.76. The lowest BCUT2D eigenvalue weighted by Crippen LogP contribution is -2.30. The van der Waals surface area contributed by atoms with Gasteiger partial charge in [0, 0.05) is 12.7 Å². The summed E-state index contributed by atoms with van der Waals surface area (Å²) >= 11 is 0. The van der Waals surface area contributed by atoms with Crippen LogP contribution in [0.3, 0.4) is 0 Å². The molecule has 33 heavy (non-hydrogen) atoms. The number of amides is 2. The van der Waals surface area contributed by atoms with E-state index in [2.05, 4.69) is 20.3 Å². The zero-order chi connectivity index (χ0) is 23.7. The fraction of sp³-hybridized carbons (Fsp3) is 0.0952. The van der Waals surface area contributed by atoms with E-state index in [1.807, 2.05) is 6.92 Å². The molecule has 0 spiro atoms. The predicted molar refractivity (Wildman–Crippen MR) is 122 cm³/mol. The van der Waals surface area contributed by atoms with Crippen molar-refractivity contribution in [3.63, 3.8) is 0 Å². The Morgan fingerprint density at radius 1 is 1.06 bits per heavy atom. The fourth-order valence-electron chi connectivity index (χ4n) is 3.53. The first-order chi connectivity index (χ1) is 15.7. The number of rotatable bonds is 7. The Hall–Kier alpha value is -4.29. The van der Waals surface area contributed by atoms with E-state index in [1.54, 1.807) is 53.1 Å². The molecule has 3 aromatic heterocycles. The highest BCUT2D eigenvalue weighted by atomic mass is 16.4. The Morgan fingerprint density at radius 2 is 1.85 bits per heavy atom. The van der Waals surface area contributed by atoms with Gasteiger partial charge < -0.3 is 31.2 Å². The number of nitrogens with one attached hydrogen (secondary N) is 1. The van der Waals surface area contributed by atoms with Crippen LogP contribution in [0.5, 0.6) is 0 Å². The van der Waals surface area contributed by atoms with Crippen LogP contribution in [0.25, 0.3) is 17.0 Å². The SMILES string of the molecule is Cc1cc2c(C(N)=O)cccn2c1-c1nc(NCc2cccc(B(O)O)c2)nc(C(N)=O)n1. The first kappa shape index (κ1) is 21.9. The zero-order valence-electron chi connectivity index (χ0n) is 17.6. The molecule has 7 N–H and O–H groups in total. The molecule has 166 valence electrons. The number of aryl methyl sites for hydroxylation is 1. The number of benzene rings is 1. The number of pyridine rings is 1. The average molecular weight is 445 g/mol. The van der Waals surface area contributed by atoms with E-state index in [0.717, 1.165) is 11.1 Å². The number of nitrogens with two attached hydrogens (primary N) is 2. The van der Waals surface area contributed by atoms with Gasteiger partial charge in [-0.05, 0) is 41.7 Å². The second-order valence-electron chi connectivity index (χ2n) is 7.36. The van der Waals surface area contributed by atoms with E-state index in [4.69, 9.17) is 11.5 Å². The smallest absolute Gasteiger partial charge is 0.423 e. The van der Waals surface area contributed by atoms with Crippen LogP contribution in [0.15, 0.2) is 48.7 Å². The summed E-state index contributed by atoms with van der Waals surface area (Å²) in [5.41, 5.74) is 14.2. The summed E-state index contributed by atoms with van der Waals surface area (Å²) in [5, 5.41) is 21.7. The number of aromatic nitrogens is 4. The van der Waals surface area contributed by atoms with E-state index in [-0.39, 0.29) is 24.1 Å². The van der Waals surface area contributed by atoms with Crippen LogP contribution in [0, 0.1) is 6.92 Å². The fourth-order valence-corrected chi connectivity index (χ4v) is 3.53. The molecular weight excluding hydrogens is 425 g/mol. The Bertz CT molecular complexity index is 1390. The Morgan fingerprint density at radius 3 is 2.55 bits per heavy atom. The first-order valence-corrected chi connectivity index (χ1v) is 9.90. The third-order valence-electron chi connectivity index (χ3n) is 5.03. The molecule has 3 heterocycles. The largest absolute Gasteiger partial charge is 0.488 e. The molecule has 4 aromatic rings. The van der Waals surface area contributed by atoms with Crippen molar-refractivity contribution in [2.75, 3.05) is 5.32 Å². The number of hydrogen-bond acceptors (Lipinski definition) is 8. The summed E-state index contributed by atoms with van der Waals surface area (Å²) in [6, 6.07) is 11.7. The Labute approximate surface area is 188 Å². The highest BCUT2D eigenvalue weighted by molar-refractivity contribution is 6.58. The average Bonchev–Trinajstić information content (AvgIpc) is 3.13. The van der Waals surface area contributed by atoms with Gasteiger partial charge in [0.15, 0.2) is 5.82 Å². The van der Waals surface area contributed by atoms with Crippen LogP contribution in [-0.4, -0.2) is 48.3 Å². The van der Waals surface area contributed by atoms with Gasteiger partial charge in [-0.15, -0.1) is 0 Å². The molecule has 0 saturated carbocycles. The van der Waals surface area contributed by atoms with Crippen molar-refractivity contribution in [1.82, 2.24) is 19.4 Å². The third-order valence-corrected chi connectivity index (χ3v) is 5.03. The van der Waals surface area contributed by atoms with Crippen molar-refractivity contribution in [3.05, 3.63) is 71.2 Å². The highest BCUT2D eigenvalue weighted by Gasteiger charge is 2.19. The van der Waals surface area contributed by atoms with Gasteiger partial charge in [-0.1, -0.05) is 24.3 Å². The molecule has 1 aromatic carbocycles. The van der Waals surface area contributed by atoms with Gasteiger partial charge in [0.05, 0.1) is 16.8 Å². The molecule has 0 radical (unpaired) electrons. The molecule has 0 saturated heterocycles. The zero-order valence-corrected chi connectivity index (χ0v) is 17.6. The lowest BCUT2D eigenvalue weighted by molar-refractivity contribution is 0.0986. The summed E-state index contributed by atoms with van der Waals surface area (Å²) in [6.45, 7) is 2.06. The van der Waals surface area contributed by atoms with Gasteiger partial charge in [0.2, 0.25) is 11.8 Å². The van der Waals surface area contributed by atoms with Crippen LogP contribution < -0.4 is 22.2 Å². The normalized spacial score (nSPS) is 10.9. The lowest BCUT2D eigenvalue weighted by Gasteiger charge is -2.10. The number of carbonyl (C=O) groups is 2. The maximum Gasteiger partial charge on any atom is 0.488 e. The van der Waals surface area contributed by atoms with E-state index in [9.17, 15) is 19.6 Å². The van der Waals surface area contributed by atoms with Crippen molar-refractivity contribution in [2.45, 2.75) is 13.5 Å². The van der Waals surface area contributed by atoms with Gasteiger partial charge in [0.1, 0.15) is 0 Å². The van der Waals surface area contributed by atoms with Gasteiger partial charge in [-0.25, -0.2) is 4.98 Å². The number of fused-ring (bicyclic) bond motifs is 1. The molecular formula is C21H20BN7O4. The summed E-state index contributed by atoms with van der Waals surface area (Å²) in [4.78, 5) is 36.4. The van der Waals surface area contributed by atoms with Crippen molar-refractivity contribution >= 4 is 35.9 Å². The minimum absolute atomic E-state index is 0.101. The molecule has 0 aliphatic heterocycles. The van der Waals surface area contributed by atoms with Crippen molar-refractivity contribution < 1.29 is 19.6 Å². The van der Waals surface area contributed by atoms with E-state index >= 15 is 0 Å². The maximum absolute atomic E-state index is 11.9. The molecule has 0 bridgehead atoms. The summed E-state index contributed by atoms with van der Waals surface area (Å²) < 4.78 is 1.71.